The number of aromatic nitrogens is 2. The Balaban J connectivity index is 1.67. The van der Waals surface area contributed by atoms with Crippen LogP contribution in [0.2, 0.25) is 0 Å². The Kier molecular flexibility index (Phi) is 4.92. The molecule has 0 saturated carbocycles. The average molecular weight is 330 g/mol. The van der Waals surface area contributed by atoms with Gasteiger partial charge in [0, 0.05) is 43.7 Å². The molecule has 2 aromatic rings. The number of aliphatic hydroxyl groups excluding tert-OH is 1. The van der Waals surface area contributed by atoms with Gasteiger partial charge in [0.25, 0.3) is 5.69 Å². The molecule has 0 bridgehead atoms. The van der Waals surface area contributed by atoms with Crippen molar-refractivity contribution >= 4 is 5.69 Å². The van der Waals surface area contributed by atoms with Gasteiger partial charge in [0.1, 0.15) is 0 Å². The number of likely N-dealkylation sites (tertiary alicyclic amines) is 1. The van der Waals surface area contributed by atoms with E-state index in [0.717, 1.165) is 19.5 Å². The number of rotatable bonds is 5. The lowest BCUT2D eigenvalue weighted by Gasteiger charge is -2.38. The van der Waals surface area contributed by atoms with Crippen LogP contribution < -0.4 is 0 Å². The zero-order valence-corrected chi connectivity index (χ0v) is 13.7. The molecular formula is C17H22N4O3. The number of hydrogen-bond acceptors (Lipinski definition) is 5. The van der Waals surface area contributed by atoms with Crippen molar-refractivity contribution < 1.29 is 10.0 Å². The minimum Gasteiger partial charge on any atom is -0.387 e. The van der Waals surface area contributed by atoms with E-state index in [0.29, 0.717) is 24.1 Å². The molecule has 0 aliphatic carbocycles. The predicted octanol–water partition coefficient (Wildman–Crippen LogP) is 2.41. The minimum atomic E-state index is -0.734. The van der Waals surface area contributed by atoms with Crippen molar-refractivity contribution in [3.8, 4) is 0 Å². The normalized spacial score (nSPS) is 23.1. The summed E-state index contributed by atoms with van der Waals surface area (Å²) in [7, 11) is 0. The van der Waals surface area contributed by atoms with Crippen molar-refractivity contribution in [3.05, 3.63) is 58.7 Å². The van der Waals surface area contributed by atoms with E-state index >= 15 is 0 Å². The molecule has 1 saturated heterocycles. The maximum absolute atomic E-state index is 10.9. The van der Waals surface area contributed by atoms with Crippen LogP contribution in [0.25, 0.3) is 0 Å². The summed E-state index contributed by atoms with van der Waals surface area (Å²) in [5, 5.41) is 21.4. The molecule has 7 nitrogen and oxygen atoms in total. The second-order valence-electron chi connectivity index (χ2n) is 6.47. The largest absolute Gasteiger partial charge is 0.387 e. The van der Waals surface area contributed by atoms with Crippen molar-refractivity contribution in [2.45, 2.75) is 25.5 Å². The molecule has 7 heteroatoms. The Morgan fingerprint density at radius 3 is 3.04 bits per heavy atom. The summed E-state index contributed by atoms with van der Waals surface area (Å²) in [6, 6.07) is 6.57. The van der Waals surface area contributed by atoms with Crippen LogP contribution in [-0.2, 0) is 0 Å². The smallest absolute Gasteiger partial charge is 0.269 e. The third-order valence-electron chi connectivity index (χ3n) is 4.81. The van der Waals surface area contributed by atoms with Gasteiger partial charge in [-0.05, 0) is 24.4 Å². The summed E-state index contributed by atoms with van der Waals surface area (Å²) in [6.45, 7) is 4.46. The number of non-ortho nitro benzene ring substituents is 1. The SMILES string of the molecule is CC1CCN(CC(O)c2cccc([N+](=O)[O-])c2)CC1n1ccnc1. The van der Waals surface area contributed by atoms with Gasteiger partial charge >= 0.3 is 0 Å². The summed E-state index contributed by atoms with van der Waals surface area (Å²) in [6.07, 6.45) is 5.90. The molecule has 0 spiro atoms. The first-order valence-corrected chi connectivity index (χ1v) is 8.17. The number of β-amino-alcohol motifs (C(OH)–C–C–N with tert-alkyl or cyclic N) is 1. The molecule has 1 aliphatic rings. The second-order valence-corrected chi connectivity index (χ2v) is 6.47. The lowest BCUT2D eigenvalue weighted by atomic mass is 9.93. The van der Waals surface area contributed by atoms with Crippen LogP contribution in [0.3, 0.4) is 0 Å². The van der Waals surface area contributed by atoms with Crippen LogP contribution >= 0.6 is 0 Å². The Hall–Kier alpha value is -2.25. The van der Waals surface area contributed by atoms with Crippen molar-refractivity contribution in [1.29, 1.82) is 0 Å². The van der Waals surface area contributed by atoms with E-state index in [1.54, 1.807) is 18.3 Å². The van der Waals surface area contributed by atoms with Crippen LogP contribution in [0, 0.1) is 16.0 Å². The number of hydrogen-bond donors (Lipinski definition) is 1. The zero-order valence-electron chi connectivity index (χ0n) is 13.7. The van der Waals surface area contributed by atoms with Gasteiger partial charge in [-0.3, -0.25) is 15.0 Å². The van der Waals surface area contributed by atoms with Crippen LogP contribution in [0.1, 0.15) is 31.1 Å². The number of piperidine rings is 1. The Morgan fingerprint density at radius 1 is 1.50 bits per heavy atom. The Morgan fingerprint density at radius 2 is 2.33 bits per heavy atom. The van der Waals surface area contributed by atoms with Crippen LogP contribution in [0.15, 0.2) is 43.0 Å². The molecule has 24 heavy (non-hydrogen) atoms. The summed E-state index contributed by atoms with van der Waals surface area (Å²) in [5.41, 5.74) is 0.595. The minimum absolute atomic E-state index is 0.00936. The highest BCUT2D eigenvalue weighted by molar-refractivity contribution is 5.35. The molecule has 1 aromatic carbocycles. The van der Waals surface area contributed by atoms with E-state index in [1.807, 2.05) is 12.5 Å². The Labute approximate surface area is 140 Å². The molecule has 2 heterocycles. The summed E-state index contributed by atoms with van der Waals surface area (Å²) >= 11 is 0. The van der Waals surface area contributed by atoms with E-state index in [1.165, 1.54) is 12.1 Å². The van der Waals surface area contributed by atoms with Gasteiger partial charge in [0.15, 0.2) is 0 Å². The molecule has 3 rings (SSSR count). The van der Waals surface area contributed by atoms with Gasteiger partial charge < -0.3 is 9.67 Å². The first-order chi connectivity index (χ1) is 11.5. The standard InChI is InChI=1S/C17H22N4O3/c1-13-5-7-19(10-16(13)20-8-6-18-12-20)11-17(22)14-3-2-4-15(9-14)21(23)24/h2-4,6,8-9,12-13,16-17,22H,5,7,10-11H2,1H3. The first kappa shape index (κ1) is 16.6. The van der Waals surface area contributed by atoms with E-state index in [2.05, 4.69) is 21.4 Å². The number of nitro groups is 1. The molecule has 1 N–H and O–H groups in total. The second kappa shape index (κ2) is 7.11. The number of nitrogens with zero attached hydrogens (tertiary/aromatic N) is 4. The topological polar surface area (TPSA) is 84.4 Å². The van der Waals surface area contributed by atoms with Crippen molar-refractivity contribution in [2.75, 3.05) is 19.6 Å². The van der Waals surface area contributed by atoms with Crippen molar-refractivity contribution in [2.24, 2.45) is 5.92 Å². The van der Waals surface area contributed by atoms with E-state index < -0.39 is 11.0 Å². The van der Waals surface area contributed by atoms with Gasteiger partial charge in [-0.15, -0.1) is 0 Å². The Bertz CT molecular complexity index is 689. The first-order valence-electron chi connectivity index (χ1n) is 8.17. The lowest BCUT2D eigenvalue weighted by molar-refractivity contribution is -0.385. The van der Waals surface area contributed by atoms with Crippen LogP contribution in [-0.4, -0.2) is 44.1 Å². The molecule has 3 unspecified atom stereocenters. The fourth-order valence-corrected chi connectivity index (χ4v) is 3.33. The summed E-state index contributed by atoms with van der Waals surface area (Å²) in [5.74, 6) is 0.547. The molecule has 1 fully saturated rings. The van der Waals surface area contributed by atoms with Gasteiger partial charge in [-0.2, -0.15) is 0 Å². The molecular weight excluding hydrogens is 308 g/mol. The molecule has 3 atom stereocenters. The van der Waals surface area contributed by atoms with E-state index in [-0.39, 0.29) is 5.69 Å². The lowest BCUT2D eigenvalue weighted by Crippen LogP contribution is -2.42. The van der Waals surface area contributed by atoms with E-state index in [9.17, 15) is 15.2 Å². The monoisotopic (exact) mass is 330 g/mol. The average Bonchev–Trinajstić information content (AvgIpc) is 3.11. The maximum Gasteiger partial charge on any atom is 0.269 e. The summed E-state index contributed by atoms with van der Waals surface area (Å²) < 4.78 is 2.12. The van der Waals surface area contributed by atoms with Crippen molar-refractivity contribution in [1.82, 2.24) is 14.5 Å². The summed E-state index contributed by atoms with van der Waals surface area (Å²) in [4.78, 5) is 16.8. The zero-order chi connectivity index (χ0) is 17.1. The third kappa shape index (κ3) is 3.63. The molecule has 128 valence electrons. The molecule has 1 aromatic heterocycles. The molecule has 1 aliphatic heterocycles. The highest BCUT2D eigenvalue weighted by Crippen LogP contribution is 2.29. The number of aliphatic hydroxyl groups is 1. The highest BCUT2D eigenvalue weighted by Gasteiger charge is 2.28. The third-order valence-corrected chi connectivity index (χ3v) is 4.81. The van der Waals surface area contributed by atoms with Crippen molar-refractivity contribution in [3.63, 3.8) is 0 Å². The van der Waals surface area contributed by atoms with Gasteiger partial charge in [-0.25, -0.2) is 4.98 Å². The molecule has 0 amide bonds. The van der Waals surface area contributed by atoms with Crippen LogP contribution in [0.4, 0.5) is 5.69 Å². The highest BCUT2D eigenvalue weighted by atomic mass is 16.6. The number of imidazole rings is 1. The van der Waals surface area contributed by atoms with Gasteiger partial charge in [-0.1, -0.05) is 19.1 Å². The number of benzene rings is 1. The predicted molar refractivity (Wildman–Crippen MR) is 89.5 cm³/mol. The van der Waals surface area contributed by atoms with E-state index in [4.69, 9.17) is 0 Å². The van der Waals surface area contributed by atoms with Gasteiger partial charge in [0.05, 0.1) is 17.4 Å². The quantitative estimate of drug-likeness (QED) is 0.672. The molecule has 0 radical (unpaired) electrons. The van der Waals surface area contributed by atoms with Crippen LogP contribution in [0.5, 0.6) is 0 Å². The fraction of sp³-hybridized carbons (Fsp3) is 0.471. The van der Waals surface area contributed by atoms with Gasteiger partial charge in [0.2, 0.25) is 0 Å². The fourth-order valence-electron chi connectivity index (χ4n) is 3.33. The maximum atomic E-state index is 10.9. The number of nitro benzene ring substituents is 1.